The number of piperidine rings is 1. The number of rotatable bonds is 3. The van der Waals surface area contributed by atoms with E-state index in [9.17, 15) is 18.0 Å². The van der Waals surface area contributed by atoms with Crippen LogP contribution < -0.4 is 10.1 Å². The van der Waals surface area contributed by atoms with Crippen molar-refractivity contribution in [3.8, 4) is 5.75 Å². The fraction of sp³-hybridized carbons (Fsp3) is 0.500. The Kier molecular flexibility index (Phi) is 6.49. The number of alkyl halides is 3. The number of hydrogen-bond donors (Lipinski definition) is 1. The van der Waals surface area contributed by atoms with Gasteiger partial charge in [-0.3, -0.25) is 4.79 Å². The molecule has 1 N–H and O–H groups in total. The third-order valence-electron chi connectivity index (χ3n) is 3.48. The minimum atomic E-state index is -4.82. The van der Waals surface area contributed by atoms with Gasteiger partial charge in [0.25, 0.3) is 5.91 Å². The van der Waals surface area contributed by atoms with E-state index in [0.717, 1.165) is 25.5 Å². The number of benzene rings is 1. The zero-order chi connectivity index (χ0) is 15.5. The Bertz CT molecular complexity index is 505. The fourth-order valence-corrected chi connectivity index (χ4v) is 2.38. The number of para-hydroxylation sites is 1. The van der Waals surface area contributed by atoms with Gasteiger partial charge in [0.2, 0.25) is 0 Å². The van der Waals surface area contributed by atoms with E-state index in [0.29, 0.717) is 6.54 Å². The van der Waals surface area contributed by atoms with Gasteiger partial charge >= 0.3 is 6.36 Å². The Hall–Kier alpha value is -1.47. The highest BCUT2D eigenvalue weighted by molar-refractivity contribution is 5.97. The Morgan fingerprint density at radius 3 is 2.64 bits per heavy atom. The first-order chi connectivity index (χ1) is 9.88. The quantitative estimate of drug-likeness (QED) is 0.921. The van der Waals surface area contributed by atoms with Gasteiger partial charge in [0, 0.05) is 19.6 Å². The van der Waals surface area contributed by atoms with E-state index in [1.807, 2.05) is 0 Å². The van der Waals surface area contributed by atoms with Crippen molar-refractivity contribution in [2.45, 2.75) is 25.2 Å². The molecule has 0 aliphatic carbocycles. The topological polar surface area (TPSA) is 41.6 Å². The molecule has 2 rings (SSSR count). The lowest BCUT2D eigenvalue weighted by molar-refractivity contribution is -0.274. The van der Waals surface area contributed by atoms with E-state index in [2.05, 4.69) is 10.1 Å². The molecule has 1 saturated heterocycles. The van der Waals surface area contributed by atoms with Crippen LogP contribution in [0.5, 0.6) is 5.75 Å². The minimum Gasteiger partial charge on any atom is -0.405 e. The predicted molar refractivity (Wildman–Crippen MR) is 78.4 cm³/mol. The predicted octanol–water partition coefficient (Wildman–Crippen LogP) is 2.83. The Labute approximate surface area is 133 Å². The summed E-state index contributed by atoms with van der Waals surface area (Å²) >= 11 is 0. The lowest BCUT2D eigenvalue weighted by Gasteiger charge is -2.32. The van der Waals surface area contributed by atoms with Gasteiger partial charge < -0.3 is 15.0 Å². The number of nitrogens with one attached hydrogen (secondary N) is 1. The van der Waals surface area contributed by atoms with E-state index in [1.165, 1.54) is 23.1 Å². The first-order valence-corrected chi connectivity index (χ1v) is 6.71. The summed E-state index contributed by atoms with van der Waals surface area (Å²) < 4.78 is 41.1. The van der Waals surface area contributed by atoms with Crippen molar-refractivity contribution in [1.82, 2.24) is 10.2 Å². The first-order valence-electron chi connectivity index (χ1n) is 6.71. The Morgan fingerprint density at radius 1 is 1.36 bits per heavy atom. The number of hydrogen-bond acceptors (Lipinski definition) is 3. The van der Waals surface area contributed by atoms with Crippen molar-refractivity contribution < 1.29 is 22.7 Å². The van der Waals surface area contributed by atoms with Crippen molar-refractivity contribution in [1.29, 1.82) is 0 Å². The molecule has 0 saturated carbocycles. The van der Waals surface area contributed by atoms with Crippen molar-refractivity contribution in [3.63, 3.8) is 0 Å². The molecular formula is C14H18ClF3N2O2. The maximum atomic E-state index is 12.4. The first kappa shape index (κ1) is 18.6. The summed E-state index contributed by atoms with van der Waals surface area (Å²) in [7, 11) is 1.60. The van der Waals surface area contributed by atoms with E-state index in [1.54, 1.807) is 7.05 Å². The summed E-state index contributed by atoms with van der Waals surface area (Å²) in [5.41, 5.74) is -0.0806. The lowest BCUT2D eigenvalue weighted by atomic mass is 10.0. The summed E-state index contributed by atoms with van der Waals surface area (Å²) in [6.07, 6.45) is -3.05. The normalized spacial score (nSPS) is 18.3. The van der Waals surface area contributed by atoms with Gasteiger partial charge in [0.1, 0.15) is 5.75 Å². The maximum absolute atomic E-state index is 12.4. The molecule has 1 fully saturated rings. The number of amides is 1. The van der Waals surface area contributed by atoms with Crippen LogP contribution in [-0.4, -0.2) is 43.3 Å². The molecular weight excluding hydrogens is 321 g/mol. The maximum Gasteiger partial charge on any atom is 0.573 e. The summed E-state index contributed by atoms with van der Waals surface area (Å²) in [6.45, 7) is 1.54. The number of ether oxygens (including phenoxy) is 1. The second-order valence-corrected chi connectivity index (χ2v) is 4.96. The summed E-state index contributed by atoms with van der Waals surface area (Å²) in [5.74, 6) is -0.936. The standard InChI is InChI=1S/C14H17F3N2O2.ClH/c1-19(10-5-4-8-18-9-10)13(20)11-6-2-3-7-12(11)21-14(15,16)17;/h2-3,6-7,10,18H,4-5,8-9H2,1H3;1H/t10-;/m1./s1. The lowest BCUT2D eigenvalue weighted by Crippen LogP contribution is -2.46. The van der Waals surface area contributed by atoms with Crippen molar-refractivity contribution >= 4 is 18.3 Å². The molecule has 1 aliphatic heterocycles. The molecule has 0 spiro atoms. The largest absolute Gasteiger partial charge is 0.573 e. The number of nitrogens with zero attached hydrogens (tertiary/aromatic N) is 1. The molecule has 1 aliphatic rings. The highest BCUT2D eigenvalue weighted by Gasteiger charge is 2.33. The van der Waals surface area contributed by atoms with E-state index in [4.69, 9.17) is 0 Å². The van der Waals surface area contributed by atoms with Crippen molar-refractivity contribution in [3.05, 3.63) is 29.8 Å². The Balaban J connectivity index is 0.00000242. The SMILES string of the molecule is CN(C(=O)c1ccccc1OC(F)(F)F)[C@@H]1CCCNC1.Cl. The van der Waals surface area contributed by atoms with Crippen LogP contribution in [0.1, 0.15) is 23.2 Å². The van der Waals surface area contributed by atoms with E-state index in [-0.39, 0.29) is 24.0 Å². The van der Waals surface area contributed by atoms with Crippen LogP contribution in [0, 0.1) is 0 Å². The molecule has 124 valence electrons. The van der Waals surface area contributed by atoms with E-state index >= 15 is 0 Å². The Morgan fingerprint density at radius 2 is 2.05 bits per heavy atom. The molecule has 1 amide bonds. The number of halogens is 4. The zero-order valence-electron chi connectivity index (χ0n) is 12.0. The number of carbonyl (C=O) groups excluding carboxylic acids is 1. The smallest absolute Gasteiger partial charge is 0.405 e. The minimum absolute atomic E-state index is 0. The second kappa shape index (κ2) is 7.69. The average Bonchev–Trinajstić information content (AvgIpc) is 2.45. The van der Waals surface area contributed by atoms with Crippen LogP contribution in [0.4, 0.5) is 13.2 Å². The third kappa shape index (κ3) is 4.78. The van der Waals surface area contributed by atoms with Gasteiger partial charge in [-0.15, -0.1) is 25.6 Å². The average molecular weight is 339 g/mol. The molecule has 1 aromatic carbocycles. The fourth-order valence-electron chi connectivity index (χ4n) is 2.38. The van der Waals surface area contributed by atoms with Crippen LogP contribution >= 0.6 is 12.4 Å². The molecule has 0 aromatic heterocycles. The summed E-state index contributed by atoms with van der Waals surface area (Å²) in [6, 6.07) is 5.39. The van der Waals surface area contributed by atoms with Crippen LogP contribution in [-0.2, 0) is 0 Å². The van der Waals surface area contributed by atoms with Gasteiger partial charge in [0.05, 0.1) is 5.56 Å². The molecule has 0 radical (unpaired) electrons. The van der Waals surface area contributed by atoms with Gasteiger partial charge in [-0.1, -0.05) is 12.1 Å². The number of carbonyl (C=O) groups is 1. The highest BCUT2D eigenvalue weighted by Crippen LogP contribution is 2.27. The third-order valence-corrected chi connectivity index (χ3v) is 3.48. The molecule has 1 aromatic rings. The molecule has 4 nitrogen and oxygen atoms in total. The van der Waals surface area contributed by atoms with Crippen LogP contribution in [0.15, 0.2) is 24.3 Å². The molecule has 0 unspecified atom stereocenters. The highest BCUT2D eigenvalue weighted by atomic mass is 35.5. The van der Waals surface area contributed by atoms with E-state index < -0.39 is 18.0 Å². The monoisotopic (exact) mass is 338 g/mol. The summed E-state index contributed by atoms with van der Waals surface area (Å²) in [5, 5.41) is 3.17. The van der Waals surface area contributed by atoms with Gasteiger partial charge in [0.15, 0.2) is 0 Å². The van der Waals surface area contributed by atoms with Gasteiger partial charge in [-0.05, 0) is 31.5 Å². The van der Waals surface area contributed by atoms with Crippen LogP contribution in [0.25, 0.3) is 0 Å². The summed E-state index contributed by atoms with van der Waals surface area (Å²) in [4.78, 5) is 13.9. The number of likely N-dealkylation sites (N-methyl/N-ethyl adjacent to an activating group) is 1. The molecule has 8 heteroatoms. The molecule has 0 bridgehead atoms. The van der Waals surface area contributed by atoms with Crippen LogP contribution in [0.2, 0.25) is 0 Å². The second-order valence-electron chi connectivity index (χ2n) is 4.96. The molecule has 1 heterocycles. The molecule has 1 atom stereocenters. The van der Waals surface area contributed by atoms with Crippen LogP contribution in [0.3, 0.4) is 0 Å². The van der Waals surface area contributed by atoms with Gasteiger partial charge in [-0.2, -0.15) is 0 Å². The zero-order valence-corrected chi connectivity index (χ0v) is 12.8. The van der Waals surface area contributed by atoms with Crippen molar-refractivity contribution in [2.24, 2.45) is 0 Å². The van der Waals surface area contributed by atoms with Crippen molar-refractivity contribution in [2.75, 3.05) is 20.1 Å². The molecule has 22 heavy (non-hydrogen) atoms. The van der Waals surface area contributed by atoms with Gasteiger partial charge in [-0.25, -0.2) is 0 Å².